The first kappa shape index (κ1) is 8.73. The lowest BCUT2D eigenvalue weighted by atomic mass is 10.2. The van der Waals surface area contributed by atoms with Crippen molar-refractivity contribution in [3.63, 3.8) is 0 Å². The van der Waals surface area contributed by atoms with Crippen LogP contribution in [-0.2, 0) is 0 Å². The molecule has 0 amide bonds. The second-order valence-corrected chi connectivity index (χ2v) is 4.23. The van der Waals surface area contributed by atoms with Gasteiger partial charge in [0.1, 0.15) is 0 Å². The monoisotopic (exact) mass is 192 g/mol. The molecule has 1 atom stereocenters. The van der Waals surface area contributed by atoms with E-state index in [9.17, 15) is 5.11 Å². The van der Waals surface area contributed by atoms with Crippen molar-refractivity contribution in [2.45, 2.75) is 19.4 Å². The highest BCUT2D eigenvalue weighted by Crippen LogP contribution is 2.30. The highest BCUT2D eigenvalue weighted by molar-refractivity contribution is 7.19. The van der Waals surface area contributed by atoms with E-state index in [1.165, 1.54) is 10.1 Å². The summed E-state index contributed by atoms with van der Waals surface area (Å²) in [5, 5.41) is 10.9. The Morgan fingerprint density at radius 3 is 2.85 bits per heavy atom. The van der Waals surface area contributed by atoms with Crippen LogP contribution in [0.4, 0.5) is 0 Å². The Hall–Kier alpha value is -0.860. The number of hydrogen-bond donors (Lipinski definition) is 1. The molecule has 68 valence electrons. The summed E-state index contributed by atoms with van der Waals surface area (Å²) in [4.78, 5) is 1.07. The van der Waals surface area contributed by atoms with Crippen molar-refractivity contribution in [2.24, 2.45) is 0 Å². The second kappa shape index (κ2) is 3.48. The minimum absolute atomic E-state index is 0.294. The molecular weight excluding hydrogens is 180 g/mol. The minimum Gasteiger partial charge on any atom is -0.388 e. The van der Waals surface area contributed by atoms with Gasteiger partial charge >= 0.3 is 0 Å². The van der Waals surface area contributed by atoms with Crippen molar-refractivity contribution in [1.82, 2.24) is 0 Å². The lowest BCUT2D eigenvalue weighted by Gasteiger charge is -2.01. The summed E-state index contributed by atoms with van der Waals surface area (Å²) < 4.78 is 1.25. The van der Waals surface area contributed by atoms with E-state index in [-0.39, 0.29) is 6.10 Å². The summed E-state index contributed by atoms with van der Waals surface area (Å²) in [7, 11) is 0. The van der Waals surface area contributed by atoms with Crippen molar-refractivity contribution in [2.75, 3.05) is 0 Å². The van der Waals surface area contributed by atoms with Gasteiger partial charge in [-0.3, -0.25) is 0 Å². The van der Waals surface area contributed by atoms with Crippen LogP contribution in [0.1, 0.15) is 24.3 Å². The summed E-state index contributed by atoms with van der Waals surface area (Å²) in [6.07, 6.45) is 0.490. The lowest BCUT2D eigenvalue weighted by Crippen LogP contribution is -1.89. The number of rotatable bonds is 2. The van der Waals surface area contributed by atoms with Gasteiger partial charge in [0.05, 0.1) is 6.10 Å². The number of aliphatic hydroxyl groups excluding tert-OH is 1. The highest BCUT2D eigenvalue weighted by atomic mass is 32.1. The van der Waals surface area contributed by atoms with Crippen LogP contribution in [0.5, 0.6) is 0 Å². The van der Waals surface area contributed by atoms with Gasteiger partial charge in [-0.05, 0) is 23.9 Å². The molecule has 0 bridgehead atoms. The molecule has 0 saturated carbocycles. The molecule has 2 rings (SSSR count). The van der Waals surface area contributed by atoms with Crippen LogP contribution >= 0.6 is 11.3 Å². The Kier molecular flexibility index (Phi) is 2.34. The molecule has 0 aliphatic carbocycles. The van der Waals surface area contributed by atoms with Gasteiger partial charge in [0.15, 0.2) is 0 Å². The zero-order chi connectivity index (χ0) is 9.26. The Labute approximate surface area is 81.6 Å². The van der Waals surface area contributed by atoms with Crippen molar-refractivity contribution in [3.8, 4) is 0 Å². The molecule has 1 aromatic carbocycles. The fraction of sp³-hybridized carbons (Fsp3) is 0.273. The number of aliphatic hydroxyl groups is 1. The van der Waals surface area contributed by atoms with Gasteiger partial charge in [-0.25, -0.2) is 0 Å². The zero-order valence-corrected chi connectivity index (χ0v) is 8.34. The second-order valence-electron chi connectivity index (χ2n) is 3.11. The van der Waals surface area contributed by atoms with E-state index in [2.05, 4.69) is 18.2 Å². The van der Waals surface area contributed by atoms with Crippen LogP contribution in [0.25, 0.3) is 10.1 Å². The number of benzene rings is 1. The fourth-order valence-corrected chi connectivity index (χ4v) is 2.50. The van der Waals surface area contributed by atoms with Crippen molar-refractivity contribution >= 4 is 21.4 Å². The smallest absolute Gasteiger partial charge is 0.0879 e. The Morgan fingerprint density at radius 1 is 1.38 bits per heavy atom. The van der Waals surface area contributed by atoms with Crippen molar-refractivity contribution < 1.29 is 5.11 Å². The molecule has 0 aliphatic rings. The molecule has 0 saturated heterocycles. The molecule has 0 spiro atoms. The lowest BCUT2D eigenvalue weighted by molar-refractivity contribution is 0.177. The third-order valence-electron chi connectivity index (χ3n) is 2.16. The summed E-state index contributed by atoms with van der Waals surface area (Å²) in [6, 6.07) is 10.3. The van der Waals surface area contributed by atoms with E-state index < -0.39 is 0 Å². The molecule has 1 aromatic heterocycles. The maximum atomic E-state index is 9.64. The standard InChI is InChI=1S/C11H12OS/c1-2-9(12)11-7-8-5-3-4-6-10(8)13-11/h3-7,9,12H,2H2,1H3. The van der Waals surface area contributed by atoms with E-state index in [0.29, 0.717) is 0 Å². The summed E-state index contributed by atoms with van der Waals surface area (Å²) >= 11 is 1.68. The van der Waals surface area contributed by atoms with Crippen LogP contribution in [-0.4, -0.2) is 5.11 Å². The van der Waals surface area contributed by atoms with Crippen LogP contribution in [0, 0.1) is 0 Å². The predicted molar refractivity (Wildman–Crippen MR) is 57.1 cm³/mol. The summed E-state index contributed by atoms with van der Waals surface area (Å²) in [5.74, 6) is 0. The van der Waals surface area contributed by atoms with Gasteiger partial charge in [-0.2, -0.15) is 0 Å². The summed E-state index contributed by atoms with van der Waals surface area (Å²) in [6.45, 7) is 2.00. The molecule has 1 unspecified atom stereocenters. The third-order valence-corrected chi connectivity index (χ3v) is 3.38. The SMILES string of the molecule is CCC(O)c1cc2ccccc2s1. The summed E-state index contributed by atoms with van der Waals surface area (Å²) in [5.41, 5.74) is 0. The van der Waals surface area contributed by atoms with Crippen molar-refractivity contribution in [3.05, 3.63) is 35.2 Å². The normalized spacial score (nSPS) is 13.4. The molecule has 1 N–H and O–H groups in total. The zero-order valence-electron chi connectivity index (χ0n) is 7.53. The van der Waals surface area contributed by atoms with E-state index in [4.69, 9.17) is 0 Å². The van der Waals surface area contributed by atoms with Crippen LogP contribution in [0.2, 0.25) is 0 Å². The van der Waals surface area contributed by atoms with Crippen LogP contribution in [0.3, 0.4) is 0 Å². The molecule has 0 radical (unpaired) electrons. The molecule has 0 aliphatic heterocycles. The Bertz CT molecular complexity index is 372. The fourth-order valence-electron chi connectivity index (χ4n) is 1.37. The average Bonchev–Trinajstić information content (AvgIpc) is 2.59. The van der Waals surface area contributed by atoms with Crippen LogP contribution in [0.15, 0.2) is 30.3 Å². The van der Waals surface area contributed by atoms with Gasteiger partial charge in [0, 0.05) is 9.58 Å². The van der Waals surface area contributed by atoms with Crippen LogP contribution < -0.4 is 0 Å². The minimum atomic E-state index is -0.294. The maximum absolute atomic E-state index is 9.64. The Balaban J connectivity index is 2.49. The van der Waals surface area contributed by atoms with Gasteiger partial charge in [0.25, 0.3) is 0 Å². The van der Waals surface area contributed by atoms with E-state index >= 15 is 0 Å². The van der Waals surface area contributed by atoms with E-state index in [0.717, 1.165) is 11.3 Å². The largest absolute Gasteiger partial charge is 0.388 e. The number of hydrogen-bond acceptors (Lipinski definition) is 2. The molecule has 1 nitrogen and oxygen atoms in total. The van der Waals surface area contributed by atoms with Gasteiger partial charge < -0.3 is 5.11 Å². The average molecular weight is 192 g/mol. The molecule has 0 fully saturated rings. The van der Waals surface area contributed by atoms with Gasteiger partial charge in [-0.1, -0.05) is 25.1 Å². The molecule has 1 heterocycles. The molecule has 2 heteroatoms. The first-order valence-electron chi connectivity index (χ1n) is 4.48. The number of thiophene rings is 1. The highest BCUT2D eigenvalue weighted by Gasteiger charge is 2.08. The first-order valence-corrected chi connectivity index (χ1v) is 5.29. The molecular formula is C11H12OS. The molecule has 2 aromatic rings. The topological polar surface area (TPSA) is 20.2 Å². The van der Waals surface area contributed by atoms with Gasteiger partial charge in [-0.15, -0.1) is 11.3 Å². The predicted octanol–water partition coefficient (Wildman–Crippen LogP) is 3.34. The van der Waals surface area contributed by atoms with Crippen molar-refractivity contribution in [1.29, 1.82) is 0 Å². The number of fused-ring (bicyclic) bond motifs is 1. The van der Waals surface area contributed by atoms with E-state index in [1.807, 2.05) is 19.1 Å². The quantitative estimate of drug-likeness (QED) is 0.773. The molecule has 13 heavy (non-hydrogen) atoms. The first-order chi connectivity index (χ1) is 6.31. The third kappa shape index (κ3) is 1.60. The van der Waals surface area contributed by atoms with Gasteiger partial charge in [0.2, 0.25) is 0 Å². The Morgan fingerprint density at radius 2 is 2.15 bits per heavy atom. The van der Waals surface area contributed by atoms with E-state index in [1.54, 1.807) is 11.3 Å². The maximum Gasteiger partial charge on any atom is 0.0879 e.